The van der Waals surface area contributed by atoms with Gasteiger partial charge in [-0.25, -0.2) is 16.8 Å². The highest BCUT2D eigenvalue weighted by atomic mass is 32.2. The third-order valence-electron chi connectivity index (χ3n) is 4.52. The number of sulfone groups is 1. The lowest BCUT2D eigenvalue weighted by Gasteiger charge is -2.25. The molecule has 142 valence electrons. The molecule has 1 aliphatic rings. The molecule has 1 aromatic carbocycles. The molecule has 1 aliphatic heterocycles. The molecule has 26 heavy (non-hydrogen) atoms. The molecule has 0 aliphatic carbocycles. The maximum Gasteiger partial charge on any atom is 0.267 e. The number of aryl methyl sites for hydroxylation is 2. The number of nitrogens with zero attached hydrogens (tertiary/aromatic N) is 2. The van der Waals surface area contributed by atoms with E-state index in [0.717, 1.165) is 5.69 Å². The summed E-state index contributed by atoms with van der Waals surface area (Å²) >= 11 is 0. The number of benzene rings is 1. The van der Waals surface area contributed by atoms with E-state index in [-0.39, 0.29) is 28.2 Å². The molecule has 3 rings (SSSR count). The van der Waals surface area contributed by atoms with Gasteiger partial charge < -0.3 is 9.42 Å². The van der Waals surface area contributed by atoms with Gasteiger partial charge in [0.2, 0.25) is 0 Å². The Morgan fingerprint density at radius 3 is 2.38 bits per heavy atom. The normalized spacial score (nSPS) is 19.4. The largest absolute Gasteiger partial charge is 0.371 e. The lowest BCUT2D eigenvalue weighted by atomic mass is 10.2. The Balaban J connectivity index is 1.76. The lowest BCUT2D eigenvalue weighted by molar-refractivity contribution is 0.390. The molecule has 0 radical (unpaired) electrons. The zero-order valence-corrected chi connectivity index (χ0v) is 16.4. The van der Waals surface area contributed by atoms with E-state index in [2.05, 4.69) is 9.88 Å². The van der Waals surface area contributed by atoms with Crippen LogP contribution >= 0.6 is 0 Å². The molecule has 2 heterocycles. The Morgan fingerprint density at radius 2 is 1.88 bits per heavy atom. The number of anilines is 2. The second-order valence-corrected chi connectivity index (χ2v) is 10.3. The minimum Gasteiger partial charge on any atom is -0.371 e. The Labute approximate surface area is 153 Å². The number of sulfonamides is 1. The molecule has 10 heteroatoms. The predicted molar refractivity (Wildman–Crippen MR) is 98.7 cm³/mol. The zero-order valence-electron chi connectivity index (χ0n) is 14.8. The fourth-order valence-corrected chi connectivity index (χ4v) is 6.29. The third-order valence-corrected chi connectivity index (χ3v) is 7.89. The van der Waals surface area contributed by atoms with Crippen molar-refractivity contribution in [3.05, 3.63) is 35.7 Å². The maximum atomic E-state index is 12.5. The van der Waals surface area contributed by atoms with E-state index in [1.807, 2.05) is 11.9 Å². The fourth-order valence-electron chi connectivity index (χ4n) is 3.12. The Morgan fingerprint density at radius 1 is 1.23 bits per heavy atom. The number of rotatable bonds is 5. The summed E-state index contributed by atoms with van der Waals surface area (Å²) in [5.41, 5.74) is 1.53. The summed E-state index contributed by atoms with van der Waals surface area (Å²) in [6.45, 7) is 3.11. The maximum absolute atomic E-state index is 12.5. The number of hydrogen-bond donors (Lipinski definition) is 1. The molecule has 1 saturated heterocycles. The van der Waals surface area contributed by atoms with E-state index < -0.39 is 19.9 Å². The first-order valence-electron chi connectivity index (χ1n) is 8.08. The predicted octanol–water partition coefficient (Wildman–Crippen LogP) is 1.72. The molecule has 0 amide bonds. The van der Waals surface area contributed by atoms with E-state index >= 15 is 0 Å². The van der Waals surface area contributed by atoms with E-state index in [0.29, 0.717) is 17.8 Å². The van der Waals surface area contributed by atoms with Crippen molar-refractivity contribution >= 4 is 31.2 Å². The van der Waals surface area contributed by atoms with Crippen molar-refractivity contribution in [2.75, 3.05) is 28.2 Å². The zero-order chi connectivity index (χ0) is 19.1. The Bertz CT molecular complexity index is 991. The van der Waals surface area contributed by atoms with Crippen LogP contribution in [0, 0.1) is 13.8 Å². The van der Waals surface area contributed by atoms with E-state index in [1.165, 1.54) is 0 Å². The molecular formula is C16H21N3O5S2. The van der Waals surface area contributed by atoms with Crippen molar-refractivity contribution < 1.29 is 21.4 Å². The van der Waals surface area contributed by atoms with Crippen molar-refractivity contribution in [1.29, 1.82) is 0 Å². The SMILES string of the molecule is Cc1noc(C)c1S(=O)(=O)Nc1ccc(N(C)C2CCS(=O)(=O)C2)cc1. The number of aromatic nitrogens is 1. The highest BCUT2D eigenvalue weighted by Gasteiger charge is 2.31. The van der Waals surface area contributed by atoms with Gasteiger partial charge in [0.25, 0.3) is 10.0 Å². The summed E-state index contributed by atoms with van der Waals surface area (Å²) in [6.07, 6.45) is 0.596. The summed E-state index contributed by atoms with van der Waals surface area (Å²) in [5.74, 6) is 0.579. The third kappa shape index (κ3) is 3.70. The van der Waals surface area contributed by atoms with Crippen LogP contribution in [-0.4, -0.2) is 46.6 Å². The average molecular weight is 399 g/mol. The van der Waals surface area contributed by atoms with Gasteiger partial charge in [0.05, 0.1) is 11.5 Å². The second kappa shape index (κ2) is 6.58. The molecular weight excluding hydrogens is 378 g/mol. The fraction of sp³-hybridized carbons (Fsp3) is 0.438. The van der Waals surface area contributed by atoms with Crippen molar-refractivity contribution in [2.24, 2.45) is 0 Å². The van der Waals surface area contributed by atoms with Crippen molar-refractivity contribution in [3.8, 4) is 0 Å². The van der Waals surface area contributed by atoms with Crippen LogP contribution in [0.15, 0.2) is 33.7 Å². The van der Waals surface area contributed by atoms with Gasteiger partial charge in [-0.1, -0.05) is 5.16 Å². The summed E-state index contributed by atoms with van der Waals surface area (Å²) in [6, 6.07) is 6.74. The molecule has 0 bridgehead atoms. The van der Waals surface area contributed by atoms with Crippen molar-refractivity contribution in [3.63, 3.8) is 0 Å². The van der Waals surface area contributed by atoms with Gasteiger partial charge in [-0.05, 0) is 44.5 Å². The van der Waals surface area contributed by atoms with Gasteiger partial charge in [-0.3, -0.25) is 4.72 Å². The minimum absolute atomic E-state index is 0.0369. The molecule has 1 atom stereocenters. The number of hydrogen-bond acceptors (Lipinski definition) is 7. The molecule has 1 fully saturated rings. The average Bonchev–Trinajstić information content (AvgIpc) is 3.09. The molecule has 1 aromatic heterocycles. The summed E-state index contributed by atoms with van der Waals surface area (Å²) < 4.78 is 55.7. The first-order valence-corrected chi connectivity index (χ1v) is 11.4. The summed E-state index contributed by atoms with van der Waals surface area (Å²) in [4.78, 5) is 1.95. The summed E-state index contributed by atoms with van der Waals surface area (Å²) in [7, 11) is -4.91. The van der Waals surface area contributed by atoms with Crippen LogP contribution in [0.1, 0.15) is 17.9 Å². The monoisotopic (exact) mass is 399 g/mol. The molecule has 0 spiro atoms. The molecule has 1 N–H and O–H groups in total. The minimum atomic E-state index is -3.79. The molecule has 1 unspecified atom stereocenters. The Hall–Kier alpha value is -2.07. The van der Waals surface area contributed by atoms with Gasteiger partial charge in [-0.2, -0.15) is 0 Å². The van der Waals surface area contributed by atoms with Crippen LogP contribution in [-0.2, 0) is 19.9 Å². The Kier molecular flexibility index (Phi) is 4.74. The highest BCUT2D eigenvalue weighted by molar-refractivity contribution is 7.92. The van der Waals surface area contributed by atoms with Gasteiger partial charge in [0.1, 0.15) is 5.69 Å². The number of nitrogens with one attached hydrogen (secondary N) is 1. The topological polar surface area (TPSA) is 110 Å². The smallest absolute Gasteiger partial charge is 0.267 e. The lowest BCUT2D eigenvalue weighted by Crippen LogP contribution is -2.32. The first kappa shape index (κ1) is 18.7. The van der Waals surface area contributed by atoms with Crippen LogP contribution in [0.2, 0.25) is 0 Å². The van der Waals surface area contributed by atoms with Crippen molar-refractivity contribution in [1.82, 2.24) is 5.16 Å². The van der Waals surface area contributed by atoms with Gasteiger partial charge in [0.15, 0.2) is 20.5 Å². The van der Waals surface area contributed by atoms with Crippen molar-refractivity contribution in [2.45, 2.75) is 31.2 Å². The second-order valence-electron chi connectivity index (χ2n) is 6.47. The van der Waals surface area contributed by atoms with E-state index in [9.17, 15) is 16.8 Å². The standard InChI is InChI=1S/C16H21N3O5S2/c1-11-16(12(2)24-17-11)26(22,23)18-13-4-6-14(7-5-13)19(3)15-8-9-25(20,21)10-15/h4-7,15,18H,8-10H2,1-3H3. The van der Waals surface area contributed by atoms with Crippen LogP contribution in [0.4, 0.5) is 11.4 Å². The van der Waals surface area contributed by atoms with Crippen LogP contribution < -0.4 is 9.62 Å². The molecule has 8 nitrogen and oxygen atoms in total. The van der Waals surface area contributed by atoms with Gasteiger partial charge in [0, 0.05) is 24.5 Å². The first-order chi connectivity index (χ1) is 12.1. The van der Waals surface area contributed by atoms with Crippen LogP contribution in [0.25, 0.3) is 0 Å². The van der Waals surface area contributed by atoms with Crippen LogP contribution in [0.5, 0.6) is 0 Å². The highest BCUT2D eigenvalue weighted by Crippen LogP contribution is 2.26. The molecule has 0 saturated carbocycles. The van der Waals surface area contributed by atoms with Gasteiger partial charge >= 0.3 is 0 Å². The van der Waals surface area contributed by atoms with E-state index in [1.54, 1.807) is 38.1 Å². The van der Waals surface area contributed by atoms with Gasteiger partial charge in [-0.15, -0.1) is 0 Å². The van der Waals surface area contributed by atoms with Crippen LogP contribution in [0.3, 0.4) is 0 Å². The van der Waals surface area contributed by atoms with E-state index in [4.69, 9.17) is 4.52 Å². The molecule has 2 aromatic rings. The quantitative estimate of drug-likeness (QED) is 0.815. The summed E-state index contributed by atoms with van der Waals surface area (Å²) in [5, 5.41) is 3.67.